The summed E-state index contributed by atoms with van der Waals surface area (Å²) < 4.78 is 21.4. The van der Waals surface area contributed by atoms with Crippen LogP contribution in [-0.4, -0.2) is 38.0 Å². The highest BCUT2D eigenvalue weighted by Crippen LogP contribution is 2.32. The fraction of sp³-hybridized carbons (Fsp3) is 0.435. The molecule has 8 heteroatoms. The maximum absolute atomic E-state index is 13.0. The zero-order valence-corrected chi connectivity index (χ0v) is 18.6. The Kier molecular flexibility index (Phi) is 6.23. The lowest BCUT2D eigenvalue weighted by Gasteiger charge is -2.35. The molecule has 2 N–H and O–H groups in total. The summed E-state index contributed by atoms with van der Waals surface area (Å²) in [6.07, 6.45) is 7.47. The number of aromatic nitrogens is 3. The molecule has 2 heterocycles. The van der Waals surface area contributed by atoms with E-state index in [1.807, 2.05) is 36.5 Å². The van der Waals surface area contributed by atoms with Gasteiger partial charge in [0, 0.05) is 40.3 Å². The Morgan fingerprint density at radius 2 is 1.87 bits per heavy atom. The second kappa shape index (κ2) is 9.06. The van der Waals surface area contributed by atoms with Gasteiger partial charge in [-0.05, 0) is 43.2 Å². The number of hydrogen-bond donors (Lipinski definition) is 2. The maximum atomic E-state index is 13.0. The third kappa shape index (κ3) is 5.05. The lowest BCUT2D eigenvalue weighted by molar-refractivity contribution is 0.342. The van der Waals surface area contributed by atoms with Crippen molar-refractivity contribution in [1.82, 2.24) is 15.0 Å². The van der Waals surface area contributed by atoms with Gasteiger partial charge in [0.1, 0.15) is 17.8 Å². The predicted octanol–water partition coefficient (Wildman–Crippen LogP) is 4.62. The summed E-state index contributed by atoms with van der Waals surface area (Å²) >= 11 is 0. The molecule has 7 nitrogen and oxygen atoms in total. The van der Waals surface area contributed by atoms with Crippen LogP contribution in [0.5, 0.6) is 0 Å². The molecule has 0 aliphatic heterocycles. The van der Waals surface area contributed by atoms with Crippen molar-refractivity contribution < 1.29 is 4.21 Å². The summed E-state index contributed by atoms with van der Waals surface area (Å²) in [4.78, 5) is 17.5. The monoisotopic (exact) mass is 436 g/mol. The molecule has 1 atom stereocenters. The molecule has 2 aromatic heterocycles. The van der Waals surface area contributed by atoms with Gasteiger partial charge in [0.05, 0.1) is 11.1 Å². The van der Waals surface area contributed by atoms with Gasteiger partial charge >= 0.3 is 0 Å². The Balaban J connectivity index is 1.33. The van der Waals surface area contributed by atoms with E-state index in [2.05, 4.69) is 31.7 Å². The van der Waals surface area contributed by atoms with Crippen molar-refractivity contribution in [3.8, 4) is 0 Å². The summed E-state index contributed by atoms with van der Waals surface area (Å²) in [5.74, 6) is 2.02. The highest BCUT2D eigenvalue weighted by molar-refractivity contribution is 7.91. The number of nitrogens with one attached hydrogen (secondary N) is 2. The first kappa shape index (κ1) is 21.3. The summed E-state index contributed by atoms with van der Waals surface area (Å²) in [6.45, 7) is 7.30. The fourth-order valence-electron chi connectivity index (χ4n) is 4.55. The van der Waals surface area contributed by atoms with Gasteiger partial charge in [-0.15, -0.1) is 0 Å². The third-order valence-electron chi connectivity index (χ3n) is 6.22. The molecule has 0 bridgehead atoms. The van der Waals surface area contributed by atoms with E-state index < -0.39 is 9.73 Å². The van der Waals surface area contributed by atoms with E-state index in [1.165, 1.54) is 0 Å². The maximum Gasteiger partial charge on any atom is 0.239 e. The van der Waals surface area contributed by atoms with Gasteiger partial charge in [0.2, 0.25) is 6.54 Å². The molecule has 3 aromatic rings. The van der Waals surface area contributed by atoms with Crippen LogP contribution < -0.4 is 4.90 Å². The molecule has 0 amide bonds. The van der Waals surface area contributed by atoms with Gasteiger partial charge in [-0.2, -0.15) is 0 Å². The smallest absolute Gasteiger partial charge is 0.239 e. The Labute approximate surface area is 183 Å². The standard InChI is InChI=1S/C23H28N6OS/c1-25-13-17-3-5-18(6-4-17)14-31(24,30)15-19-7-9-20(10-8-19)29(2)23-21-11-12-26-22(21)27-16-28-23/h3-6,11-12,16,19-20,24H,7-10,13-15H2,2H3,(H,26,27,28). The Morgan fingerprint density at radius 3 is 2.58 bits per heavy atom. The first-order valence-corrected chi connectivity index (χ1v) is 12.5. The number of nitrogens with zero attached hydrogens (tertiary/aromatic N) is 4. The highest BCUT2D eigenvalue weighted by atomic mass is 32.2. The first-order chi connectivity index (χ1) is 14.9. The fourth-order valence-corrected chi connectivity index (χ4v) is 6.50. The number of anilines is 1. The van der Waals surface area contributed by atoms with Crippen LogP contribution in [0.1, 0.15) is 36.8 Å². The largest absolute Gasteiger partial charge is 0.356 e. The van der Waals surface area contributed by atoms with Gasteiger partial charge in [0.15, 0.2) is 0 Å². The molecule has 4 rings (SSSR count). The summed E-state index contributed by atoms with van der Waals surface area (Å²) in [5, 5.41) is 1.03. The van der Waals surface area contributed by atoms with E-state index >= 15 is 0 Å². The highest BCUT2D eigenvalue weighted by Gasteiger charge is 2.28. The normalized spacial score (nSPS) is 20.8. The first-order valence-electron chi connectivity index (χ1n) is 10.6. The zero-order valence-electron chi connectivity index (χ0n) is 17.8. The molecule has 1 aromatic carbocycles. The SMILES string of the molecule is [C-]#[N+]Cc1ccc(CS(=N)(=O)CC2CCC(N(C)c3ncnc4[nH]ccc34)CC2)cc1. The number of aromatic amines is 1. The van der Waals surface area contributed by atoms with Crippen molar-refractivity contribution in [2.45, 2.75) is 44.0 Å². The van der Waals surface area contributed by atoms with Crippen LogP contribution in [0.2, 0.25) is 0 Å². The molecular weight excluding hydrogens is 408 g/mol. The van der Waals surface area contributed by atoms with Crippen LogP contribution in [0.4, 0.5) is 5.82 Å². The van der Waals surface area contributed by atoms with Crippen LogP contribution in [-0.2, 0) is 22.0 Å². The minimum atomic E-state index is -2.67. The van der Waals surface area contributed by atoms with E-state index in [0.29, 0.717) is 24.3 Å². The quantitative estimate of drug-likeness (QED) is 0.529. The van der Waals surface area contributed by atoms with Gasteiger partial charge in [-0.25, -0.2) is 20.7 Å². The molecule has 162 valence electrons. The molecule has 31 heavy (non-hydrogen) atoms. The molecular formula is C23H28N6OS. The Morgan fingerprint density at radius 1 is 1.16 bits per heavy atom. The summed E-state index contributed by atoms with van der Waals surface area (Å²) in [7, 11) is -0.581. The van der Waals surface area contributed by atoms with Crippen molar-refractivity contribution in [2.24, 2.45) is 5.92 Å². The van der Waals surface area contributed by atoms with E-state index in [9.17, 15) is 4.21 Å². The molecule has 0 saturated heterocycles. The van der Waals surface area contributed by atoms with Crippen molar-refractivity contribution in [1.29, 1.82) is 4.78 Å². The molecule has 1 aliphatic rings. The van der Waals surface area contributed by atoms with Gasteiger partial charge in [-0.3, -0.25) is 4.78 Å². The van der Waals surface area contributed by atoms with Crippen molar-refractivity contribution in [3.05, 3.63) is 65.4 Å². The van der Waals surface area contributed by atoms with Crippen molar-refractivity contribution in [3.63, 3.8) is 0 Å². The van der Waals surface area contributed by atoms with Crippen LogP contribution in [0.3, 0.4) is 0 Å². The lowest BCUT2D eigenvalue weighted by atomic mass is 9.86. The van der Waals surface area contributed by atoms with E-state index in [4.69, 9.17) is 11.4 Å². The Hall–Kier alpha value is -2.92. The molecule has 0 radical (unpaired) electrons. The average Bonchev–Trinajstić information content (AvgIpc) is 3.24. The molecule has 0 spiro atoms. The lowest BCUT2D eigenvalue weighted by Crippen LogP contribution is -2.37. The van der Waals surface area contributed by atoms with Crippen LogP contribution in [0, 0.1) is 17.3 Å². The van der Waals surface area contributed by atoms with E-state index in [-0.39, 0.29) is 5.75 Å². The van der Waals surface area contributed by atoms with E-state index in [1.54, 1.807) is 6.33 Å². The predicted molar refractivity (Wildman–Crippen MR) is 124 cm³/mol. The van der Waals surface area contributed by atoms with Crippen molar-refractivity contribution in [2.75, 3.05) is 17.7 Å². The number of rotatable bonds is 7. The van der Waals surface area contributed by atoms with E-state index in [0.717, 1.165) is 53.7 Å². The van der Waals surface area contributed by atoms with Gasteiger partial charge < -0.3 is 14.7 Å². The molecule has 1 saturated carbocycles. The van der Waals surface area contributed by atoms with Crippen molar-refractivity contribution >= 4 is 26.6 Å². The number of hydrogen-bond acceptors (Lipinski definition) is 5. The minimum absolute atomic E-state index is 0.289. The molecule has 1 fully saturated rings. The van der Waals surface area contributed by atoms with Crippen LogP contribution in [0.15, 0.2) is 42.9 Å². The average molecular weight is 437 g/mol. The summed E-state index contributed by atoms with van der Waals surface area (Å²) in [6, 6.07) is 10.0. The zero-order chi connectivity index (χ0) is 21.8. The van der Waals surface area contributed by atoms with Crippen LogP contribution >= 0.6 is 0 Å². The summed E-state index contributed by atoms with van der Waals surface area (Å²) in [5.41, 5.74) is 2.72. The molecule has 1 aliphatic carbocycles. The van der Waals surface area contributed by atoms with Gasteiger partial charge in [0.25, 0.3) is 0 Å². The second-order valence-corrected chi connectivity index (χ2v) is 10.7. The second-order valence-electron chi connectivity index (χ2n) is 8.48. The number of benzene rings is 1. The Bertz CT molecular complexity index is 1170. The third-order valence-corrected chi connectivity index (χ3v) is 8.03. The topological polar surface area (TPSA) is 90.1 Å². The number of fused-ring (bicyclic) bond motifs is 1. The van der Waals surface area contributed by atoms with Gasteiger partial charge in [-0.1, -0.05) is 24.3 Å². The molecule has 1 unspecified atom stereocenters. The minimum Gasteiger partial charge on any atom is -0.356 e. The van der Waals surface area contributed by atoms with Crippen LogP contribution in [0.25, 0.3) is 15.9 Å². The number of H-pyrrole nitrogens is 1.